The van der Waals surface area contributed by atoms with Crippen LogP contribution in [0.1, 0.15) is 13.8 Å². The number of hydrogen-bond donors (Lipinski definition) is 0. The second-order valence-electron chi connectivity index (χ2n) is 3.68. The first kappa shape index (κ1) is 12.7. The molecule has 1 rings (SSSR count). The zero-order valence-electron chi connectivity index (χ0n) is 9.03. The summed E-state index contributed by atoms with van der Waals surface area (Å²) in [4.78, 5) is 10.9. The summed E-state index contributed by atoms with van der Waals surface area (Å²) >= 11 is 3.34. The molecular weight excluding hydrogens is 264 g/mol. The highest BCUT2D eigenvalue weighted by Gasteiger charge is 2.39. The molecule has 1 aliphatic rings. The fourth-order valence-electron chi connectivity index (χ4n) is 1.39. The standard InChI is InChI=1S/C10H15BrO4/c1-10(2)14-7(8(6-11)15-10)4-5-9(12)13-3/h4-5,7-8H,6H2,1-3H3/b5-4-/t7-,8+/m0/s1. The van der Waals surface area contributed by atoms with E-state index in [4.69, 9.17) is 9.47 Å². The van der Waals surface area contributed by atoms with Crippen LogP contribution in [0.15, 0.2) is 12.2 Å². The van der Waals surface area contributed by atoms with Gasteiger partial charge in [0.2, 0.25) is 0 Å². The van der Waals surface area contributed by atoms with Gasteiger partial charge in [-0.1, -0.05) is 15.9 Å². The average Bonchev–Trinajstić information content (AvgIpc) is 2.49. The number of ether oxygens (including phenoxy) is 3. The maximum Gasteiger partial charge on any atom is 0.330 e. The molecular formula is C10H15BrO4. The molecule has 15 heavy (non-hydrogen) atoms. The first-order valence-corrected chi connectivity index (χ1v) is 5.78. The van der Waals surface area contributed by atoms with Crippen molar-refractivity contribution in [2.24, 2.45) is 0 Å². The van der Waals surface area contributed by atoms with Crippen molar-refractivity contribution in [1.82, 2.24) is 0 Å². The summed E-state index contributed by atoms with van der Waals surface area (Å²) in [6.07, 6.45) is 2.71. The van der Waals surface area contributed by atoms with Gasteiger partial charge in [-0.25, -0.2) is 4.79 Å². The first-order chi connectivity index (χ1) is 6.98. The zero-order valence-corrected chi connectivity index (χ0v) is 10.6. The summed E-state index contributed by atoms with van der Waals surface area (Å²) in [5.74, 6) is -1.000. The summed E-state index contributed by atoms with van der Waals surface area (Å²) in [6, 6.07) is 0. The first-order valence-electron chi connectivity index (χ1n) is 4.66. The second kappa shape index (κ2) is 5.09. The molecule has 4 nitrogen and oxygen atoms in total. The fraction of sp³-hybridized carbons (Fsp3) is 0.700. The minimum atomic E-state index is -0.608. The van der Waals surface area contributed by atoms with E-state index in [-0.39, 0.29) is 12.2 Å². The van der Waals surface area contributed by atoms with Gasteiger partial charge in [-0.2, -0.15) is 0 Å². The van der Waals surface area contributed by atoms with Gasteiger partial charge in [-0.05, 0) is 19.9 Å². The zero-order chi connectivity index (χ0) is 11.5. The van der Waals surface area contributed by atoms with Crippen LogP contribution in [0, 0.1) is 0 Å². The highest BCUT2D eigenvalue weighted by Crippen LogP contribution is 2.29. The van der Waals surface area contributed by atoms with Crippen LogP contribution < -0.4 is 0 Å². The molecule has 0 aromatic rings. The third-order valence-corrected chi connectivity index (χ3v) is 2.63. The van der Waals surface area contributed by atoms with Crippen molar-refractivity contribution in [2.45, 2.75) is 31.8 Å². The Morgan fingerprint density at radius 1 is 1.53 bits per heavy atom. The van der Waals surface area contributed by atoms with E-state index in [0.717, 1.165) is 0 Å². The predicted octanol–water partition coefficient (Wildman–Crippen LogP) is 1.63. The molecule has 0 aliphatic carbocycles. The van der Waals surface area contributed by atoms with Crippen LogP contribution in [0.5, 0.6) is 0 Å². The Kier molecular flexibility index (Phi) is 4.31. The lowest BCUT2D eigenvalue weighted by atomic mass is 10.2. The Bertz CT molecular complexity index is 262. The smallest absolute Gasteiger partial charge is 0.330 e. The van der Waals surface area contributed by atoms with Crippen LogP contribution in [0.2, 0.25) is 0 Å². The quantitative estimate of drug-likeness (QED) is 0.447. The van der Waals surface area contributed by atoms with E-state index in [1.807, 2.05) is 13.8 Å². The molecule has 86 valence electrons. The SMILES string of the molecule is COC(=O)/C=C\[C@@H]1OC(C)(C)O[C@@H]1CBr. The van der Waals surface area contributed by atoms with Gasteiger partial charge in [0.05, 0.1) is 7.11 Å². The third-order valence-electron chi connectivity index (χ3n) is 2.00. The van der Waals surface area contributed by atoms with Gasteiger partial charge >= 0.3 is 5.97 Å². The van der Waals surface area contributed by atoms with Gasteiger partial charge in [0.15, 0.2) is 5.79 Å². The van der Waals surface area contributed by atoms with Crippen LogP contribution in [0.3, 0.4) is 0 Å². The maximum atomic E-state index is 10.9. The molecule has 2 atom stereocenters. The topological polar surface area (TPSA) is 44.8 Å². The minimum Gasteiger partial charge on any atom is -0.466 e. The van der Waals surface area contributed by atoms with Crippen molar-refractivity contribution in [3.05, 3.63) is 12.2 Å². The Morgan fingerprint density at radius 2 is 2.20 bits per heavy atom. The lowest BCUT2D eigenvalue weighted by Gasteiger charge is -2.15. The molecule has 0 saturated carbocycles. The molecule has 1 heterocycles. The Hall–Kier alpha value is -0.390. The predicted molar refractivity (Wildman–Crippen MR) is 58.8 cm³/mol. The normalized spacial score (nSPS) is 29.6. The Morgan fingerprint density at radius 3 is 2.73 bits per heavy atom. The van der Waals surface area contributed by atoms with E-state index >= 15 is 0 Å². The molecule has 0 bridgehead atoms. The number of carbonyl (C=O) groups excluding carboxylic acids is 1. The second-order valence-corrected chi connectivity index (χ2v) is 4.32. The highest BCUT2D eigenvalue weighted by atomic mass is 79.9. The van der Waals surface area contributed by atoms with E-state index < -0.39 is 11.8 Å². The van der Waals surface area contributed by atoms with Gasteiger partial charge in [-0.3, -0.25) is 0 Å². The highest BCUT2D eigenvalue weighted by molar-refractivity contribution is 9.09. The maximum absolute atomic E-state index is 10.9. The monoisotopic (exact) mass is 278 g/mol. The van der Waals surface area contributed by atoms with Crippen LogP contribution in [0.4, 0.5) is 0 Å². The average molecular weight is 279 g/mol. The van der Waals surface area contributed by atoms with Crippen molar-refractivity contribution in [3.63, 3.8) is 0 Å². The lowest BCUT2D eigenvalue weighted by Crippen LogP contribution is -2.22. The fourth-order valence-corrected chi connectivity index (χ4v) is 1.89. The molecule has 0 radical (unpaired) electrons. The number of esters is 1. The van der Waals surface area contributed by atoms with E-state index in [1.165, 1.54) is 13.2 Å². The number of halogens is 1. The van der Waals surface area contributed by atoms with Crippen molar-refractivity contribution in [2.75, 3.05) is 12.4 Å². The van der Waals surface area contributed by atoms with Crippen molar-refractivity contribution in [1.29, 1.82) is 0 Å². The van der Waals surface area contributed by atoms with E-state index in [1.54, 1.807) is 6.08 Å². The van der Waals surface area contributed by atoms with Crippen molar-refractivity contribution < 1.29 is 19.0 Å². The van der Waals surface area contributed by atoms with E-state index in [0.29, 0.717) is 5.33 Å². The molecule has 0 aromatic heterocycles. The van der Waals surface area contributed by atoms with Crippen LogP contribution in [0.25, 0.3) is 0 Å². The number of methoxy groups -OCH3 is 1. The Balaban J connectivity index is 2.61. The minimum absolute atomic E-state index is 0.0825. The molecule has 0 spiro atoms. The van der Waals surface area contributed by atoms with Gasteiger partial charge in [-0.15, -0.1) is 0 Å². The Labute approximate surface area is 97.7 Å². The molecule has 0 aromatic carbocycles. The van der Waals surface area contributed by atoms with Crippen LogP contribution in [-0.2, 0) is 19.0 Å². The van der Waals surface area contributed by atoms with E-state index in [2.05, 4.69) is 20.7 Å². The van der Waals surface area contributed by atoms with Gasteiger partial charge in [0.1, 0.15) is 12.2 Å². The number of carbonyl (C=O) groups is 1. The van der Waals surface area contributed by atoms with Crippen LogP contribution in [-0.4, -0.2) is 36.4 Å². The number of hydrogen-bond acceptors (Lipinski definition) is 4. The summed E-state index contributed by atoms with van der Waals surface area (Å²) in [6.45, 7) is 3.68. The summed E-state index contributed by atoms with van der Waals surface area (Å²) < 4.78 is 15.7. The van der Waals surface area contributed by atoms with Gasteiger partial charge < -0.3 is 14.2 Å². The summed E-state index contributed by atoms with van der Waals surface area (Å²) in [5.41, 5.74) is 0. The molecule has 1 saturated heterocycles. The number of alkyl halides is 1. The van der Waals surface area contributed by atoms with E-state index in [9.17, 15) is 4.79 Å². The van der Waals surface area contributed by atoms with Gasteiger partial charge in [0.25, 0.3) is 0 Å². The van der Waals surface area contributed by atoms with Crippen molar-refractivity contribution in [3.8, 4) is 0 Å². The third kappa shape index (κ3) is 3.59. The molecule has 0 unspecified atom stereocenters. The molecule has 1 fully saturated rings. The lowest BCUT2D eigenvalue weighted by molar-refractivity contribution is -0.141. The molecule has 0 N–H and O–H groups in total. The van der Waals surface area contributed by atoms with Crippen LogP contribution >= 0.6 is 15.9 Å². The largest absolute Gasteiger partial charge is 0.466 e. The van der Waals surface area contributed by atoms with Gasteiger partial charge in [0, 0.05) is 11.4 Å². The van der Waals surface area contributed by atoms with Crippen molar-refractivity contribution >= 4 is 21.9 Å². The molecule has 1 aliphatic heterocycles. The summed E-state index contributed by atoms with van der Waals surface area (Å²) in [7, 11) is 1.34. The molecule has 0 amide bonds. The number of rotatable bonds is 3. The summed E-state index contributed by atoms with van der Waals surface area (Å²) in [5, 5.41) is 0.659. The molecule has 5 heteroatoms.